The van der Waals surface area contributed by atoms with Crippen LogP contribution in [-0.4, -0.2) is 63.6 Å². The normalized spacial score (nSPS) is 19.0. The molecule has 1 aliphatic heterocycles. The number of carbonyl (C=O) groups excluding carboxylic acids is 1. The number of hydrogen-bond donors (Lipinski definition) is 2. The van der Waals surface area contributed by atoms with Crippen molar-refractivity contribution in [2.24, 2.45) is 10.6 Å². The minimum atomic E-state index is -3.62. The van der Waals surface area contributed by atoms with Crippen molar-refractivity contribution >= 4 is 16.2 Å². The molecular formula is C11H24N4O4S. The summed E-state index contributed by atoms with van der Waals surface area (Å²) in [6.07, 6.45) is 0. The first-order valence-corrected chi connectivity index (χ1v) is 8.09. The molecule has 0 amide bonds. The second-order valence-electron chi connectivity index (χ2n) is 5.84. The lowest BCUT2D eigenvalue weighted by Crippen LogP contribution is -2.49. The van der Waals surface area contributed by atoms with Crippen molar-refractivity contribution < 1.29 is 18.0 Å². The van der Waals surface area contributed by atoms with Crippen LogP contribution in [0.15, 0.2) is 0 Å². The molecule has 0 saturated carbocycles. The number of nitrogens with zero attached hydrogens (tertiary/aromatic N) is 2. The highest BCUT2D eigenvalue weighted by Gasteiger charge is 2.27. The van der Waals surface area contributed by atoms with Crippen LogP contribution in [0.25, 0.3) is 0 Å². The Morgan fingerprint density at radius 1 is 1.25 bits per heavy atom. The first-order chi connectivity index (χ1) is 9.08. The van der Waals surface area contributed by atoms with Gasteiger partial charge in [-0.2, -0.15) is 8.42 Å². The third kappa shape index (κ3) is 6.62. The summed E-state index contributed by atoms with van der Waals surface area (Å²) in [5.74, 6) is -0.248. The zero-order valence-electron chi connectivity index (χ0n) is 12.3. The van der Waals surface area contributed by atoms with Crippen LogP contribution in [0.2, 0.25) is 0 Å². The van der Waals surface area contributed by atoms with Crippen molar-refractivity contribution in [1.82, 2.24) is 14.7 Å². The van der Waals surface area contributed by atoms with E-state index in [1.165, 1.54) is 0 Å². The topological polar surface area (TPSA) is 105 Å². The molecule has 0 spiro atoms. The minimum Gasteiger partial charge on any atom is -0.367 e. The molecule has 0 aromatic rings. The molecular weight excluding hydrogens is 284 g/mol. The highest BCUT2D eigenvalue weighted by Crippen LogP contribution is 2.16. The van der Waals surface area contributed by atoms with Crippen LogP contribution in [0.5, 0.6) is 0 Å². The van der Waals surface area contributed by atoms with Gasteiger partial charge in [0.05, 0.1) is 5.41 Å². The van der Waals surface area contributed by atoms with Gasteiger partial charge in [0, 0.05) is 39.3 Å². The number of piperazine rings is 1. The Hall–Kier alpha value is -0.740. The van der Waals surface area contributed by atoms with E-state index in [0.29, 0.717) is 32.7 Å². The summed E-state index contributed by atoms with van der Waals surface area (Å²) in [6.45, 7) is 8.93. The number of carbonyl (C=O) groups is 1. The lowest BCUT2D eigenvalue weighted by molar-refractivity contribution is -0.206. The fourth-order valence-corrected chi connectivity index (χ4v) is 2.02. The van der Waals surface area contributed by atoms with Gasteiger partial charge in [0.25, 0.3) is 10.2 Å². The third-order valence-electron chi connectivity index (χ3n) is 2.89. The molecule has 1 fully saturated rings. The van der Waals surface area contributed by atoms with Gasteiger partial charge in [0.2, 0.25) is 0 Å². The average molecular weight is 308 g/mol. The zero-order chi connectivity index (χ0) is 15.4. The monoisotopic (exact) mass is 308 g/mol. The first-order valence-electron chi connectivity index (χ1n) is 6.55. The molecule has 1 saturated heterocycles. The smallest absolute Gasteiger partial charge is 0.330 e. The third-order valence-corrected chi connectivity index (χ3v) is 3.49. The molecule has 0 aromatic carbocycles. The number of rotatable bonds is 5. The van der Waals surface area contributed by atoms with E-state index in [2.05, 4.69) is 9.62 Å². The maximum Gasteiger partial charge on any atom is 0.330 e. The molecule has 0 unspecified atom stereocenters. The summed E-state index contributed by atoms with van der Waals surface area (Å²) in [5.41, 5.74) is -0.517. The average Bonchev–Trinajstić information content (AvgIpc) is 2.28. The van der Waals surface area contributed by atoms with Crippen molar-refractivity contribution in [3.05, 3.63) is 0 Å². The predicted molar refractivity (Wildman–Crippen MR) is 74.7 cm³/mol. The van der Waals surface area contributed by atoms with Crippen LogP contribution in [-0.2, 0) is 19.8 Å². The molecule has 1 rings (SSSR count). The second kappa shape index (κ2) is 6.81. The van der Waals surface area contributed by atoms with Crippen LogP contribution < -0.4 is 9.86 Å². The standard InChI is InChI=1S/C11H24N4O4S/c1-11(2,3)10(16)19-15-8-6-14(7-9-15)5-4-13-20(12,17)18/h13H,4-9H2,1-3H3,(H2,12,17,18). The highest BCUT2D eigenvalue weighted by atomic mass is 32.2. The highest BCUT2D eigenvalue weighted by molar-refractivity contribution is 7.87. The summed E-state index contributed by atoms with van der Waals surface area (Å²) in [5, 5.41) is 6.50. The minimum absolute atomic E-state index is 0.248. The Morgan fingerprint density at radius 3 is 2.25 bits per heavy atom. The molecule has 1 aliphatic rings. The van der Waals surface area contributed by atoms with Crippen molar-refractivity contribution in [3.8, 4) is 0 Å². The Kier molecular flexibility index (Phi) is 5.90. The van der Waals surface area contributed by atoms with E-state index in [9.17, 15) is 13.2 Å². The Labute approximate surface area is 120 Å². The van der Waals surface area contributed by atoms with Gasteiger partial charge < -0.3 is 4.84 Å². The lowest BCUT2D eigenvalue weighted by Gasteiger charge is -2.34. The van der Waals surface area contributed by atoms with Gasteiger partial charge in [-0.15, -0.1) is 5.06 Å². The molecule has 0 radical (unpaired) electrons. The van der Waals surface area contributed by atoms with Gasteiger partial charge >= 0.3 is 5.97 Å². The van der Waals surface area contributed by atoms with Gasteiger partial charge in [-0.05, 0) is 20.8 Å². The largest absolute Gasteiger partial charge is 0.367 e. The van der Waals surface area contributed by atoms with E-state index in [1.54, 1.807) is 5.06 Å². The summed E-state index contributed by atoms with van der Waals surface area (Å²) in [4.78, 5) is 19.1. The molecule has 1 heterocycles. The van der Waals surface area contributed by atoms with Crippen LogP contribution in [0.4, 0.5) is 0 Å². The summed E-state index contributed by atoms with van der Waals surface area (Å²) in [6, 6.07) is 0. The SMILES string of the molecule is CC(C)(C)C(=O)ON1CCN(CCNS(N)(=O)=O)CC1. The fourth-order valence-electron chi connectivity index (χ4n) is 1.64. The number of hydroxylamine groups is 2. The Morgan fingerprint density at radius 2 is 1.80 bits per heavy atom. The van der Waals surface area contributed by atoms with E-state index in [-0.39, 0.29) is 12.5 Å². The molecule has 0 aliphatic carbocycles. The quantitative estimate of drug-likeness (QED) is 0.668. The maximum atomic E-state index is 11.7. The molecule has 3 N–H and O–H groups in total. The van der Waals surface area contributed by atoms with Crippen molar-refractivity contribution in [3.63, 3.8) is 0 Å². The van der Waals surface area contributed by atoms with Crippen LogP contribution >= 0.6 is 0 Å². The van der Waals surface area contributed by atoms with Gasteiger partial charge in [-0.25, -0.2) is 14.7 Å². The van der Waals surface area contributed by atoms with Crippen molar-refractivity contribution in [1.29, 1.82) is 0 Å². The number of nitrogens with one attached hydrogen (secondary N) is 1. The van der Waals surface area contributed by atoms with E-state index in [4.69, 9.17) is 9.98 Å². The molecule has 0 bridgehead atoms. The Bertz CT molecular complexity index is 424. The maximum absolute atomic E-state index is 11.7. The molecule has 0 aromatic heterocycles. The van der Waals surface area contributed by atoms with Gasteiger partial charge in [0.1, 0.15) is 0 Å². The molecule has 8 nitrogen and oxygen atoms in total. The van der Waals surface area contributed by atoms with Crippen LogP contribution in [0.1, 0.15) is 20.8 Å². The summed E-state index contributed by atoms with van der Waals surface area (Å²) >= 11 is 0. The van der Waals surface area contributed by atoms with Crippen LogP contribution in [0.3, 0.4) is 0 Å². The fraction of sp³-hybridized carbons (Fsp3) is 0.909. The summed E-state index contributed by atoms with van der Waals surface area (Å²) in [7, 11) is -3.62. The van der Waals surface area contributed by atoms with Crippen molar-refractivity contribution in [2.45, 2.75) is 20.8 Å². The van der Waals surface area contributed by atoms with E-state index in [0.717, 1.165) is 0 Å². The van der Waals surface area contributed by atoms with Gasteiger partial charge in [0.15, 0.2) is 0 Å². The Balaban J connectivity index is 2.25. The second-order valence-corrected chi connectivity index (χ2v) is 7.22. The van der Waals surface area contributed by atoms with Crippen LogP contribution in [0, 0.1) is 5.41 Å². The van der Waals surface area contributed by atoms with E-state index >= 15 is 0 Å². The lowest BCUT2D eigenvalue weighted by atomic mass is 9.98. The number of nitrogens with two attached hydrogens (primary N) is 1. The van der Waals surface area contributed by atoms with E-state index < -0.39 is 15.6 Å². The molecule has 9 heteroatoms. The van der Waals surface area contributed by atoms with Crippen molar-refractivity contribution in [2.75, 3.05) is 39.3 Å². The molecule has 118 valence electrons. The first kappa shape index (κ1) is 17.3. The van der Waals surface area contributed by atoms with E-state index in [1.807, 2.05) is 20.8 Å². The van der Waals surface area contributed by atoms with Gasteiger partial charge in [-0.1, -0.05) is 0 Å². The predicted octanol–water partition coefficient (Wildman–Crippen LogP) is -1.10. The number of hydrogen-bond acceptors (Lipinski definition) is 6. The molecule has 20 heavy (non-hydrogen) atoms. The zero-order valence-corrected chi connectivity index (χ0v) is 13.1. The van der Waals surface area contributed by atoms with Gasteiger partial charge in [-0.3, -0.25) is 4.90 Å². The summed E-state index contributed by atoms with van der Waals surface area (Å²) < 4.78 is 23.7. The molecule has 0 atom stereocenters.